The molecule has 1 heterocycles. The zero-order valence-corrected chi connectivity index (χ0v) is 11.6. The molecule has 98 valence electrons. The van der Waals surface area contributed by atoms with E-state index in [-0.39, 0.29) is 5.56 Å². The summed E-state index contributed by atoms with van der Waals surface area (Å²) in [6.07, 6.45) is 0. The summed E-state index contributed by atoms with van der Waals surface area (Å²) in [5.41, 5.74) is 3.96. The average molecular weight is 255 g/mol. The summed E-state index contributed by atoms with van der Waals surface area (Å²) in [5.74, 6) is 0. The van der Waals surface area contributed by atoms with Gasteiger partial charge < -0.3 is 4.57 Å². The van der Waals surface area contributed by atoms with Gasteiger partial charge in [-0.15, -0.1) is 5.11 Å². The third-order valence-electron chi connectivity index (χ3n) is 3.49. The molecule has 0 atom stereocenters. The van der Waals surface area contributed by atoms with E-state index in [9.17, 15) is 4.79 Å². The van der Waals surface area contributed by atoms with Crippen molar-refractivity contribution < 1.29 is 0 Å². The monoisotopic (exact) mass is 255 g/mol. The number of hydrogen-bond acceptors (Lipinski definition) is 3. The minimum Gasteiger partial charge on any atom is -0.314 e. The van der Waals surface area contributed by atoms with Crippen LogP contribution in [0, 0.1) is 20.8 Å². The van der Waals surface area contributed by atoms with E-state index in [2.05, 4.69) is 10.2 Å². The van der Waals surface area contributed by atoms with E-state index in [0.717, 1.165) is 22.5 Å². The number of rotatable bonds is 2. The van der Waals surface area contributed by atoms with Crippen LogP contribution < -0.4 is 5.56 Å². The largest absolute Gasteiger partial charge is 0.314 e. The molecule has 0 fully saturated rings. The zero-order chi connectivity index (χ0) is 14.0. The van der Waals surface area contributed by atoms with Crippen molar-refractivity contribution in [2.24, 2.45) is 17.3 Å². The fraction of sp³-hybridized carbons (Fsp3) is 0.267. The Bertz CT molecular complexity index is 685. The van der Waals surface area contributed by atoms with Crippen molar-refractivity contribution in [3.8, 4) is 0 Å². The number of aromatic nitrogens is 1. The van der Waals surface area contributed by atoms with Gasteiger partial charge in [0, 0.05) is 12.7 Å². The first-order valence-corrected chi connectivity index (χ1v) is 6.16. The van der Waals surface area contributed by atoms with Crippen molar-refractivity contribution in [3.05, 3.63) is 57.5 Å². The molecule has 2 rings (SSSR count). The van der Waals surface area contributed by atoms with Crippen molar-refractivity contribution in [2.45, 2.75) is 20.8 Å². The maximum atomic E-state index is 12.2. The van der Waals surface area contributed by atoms with Gasteiger partial charge in [-0.25, -0.2) is 0 Å². The molecular formula is C15H17N3O. The molecule has 0 N–H and O–H groups in total. The van der Waals surface area contributed by atoms with Crippen molar-refractivity contribution >= 4 is 11.4 Å². The van der Waals surface area contributed by atoms with Crippen LogP contribution in [-0.2, 0) is 7.05 Å². The van der Waals surface area contributed by atoms with Crippen LogP contribution >= 0.6 is 0 Å². The molecule has 0 amide bonds. The van der Waals surface area contributed by atoms with Crippen LogP contribution in [0.2, 0.25) is 0 Å². The quantitative estimate of drug-likeness (QED) is 0.754. The van der Waals surface area contributed by atoms with Crippen LogP contribution in [0.1, 0.15) is 16.8 Å². The van der Waals surface area contributed by atoms with E-state index in [1.807, 2.05) is 51.1 Å². The maximum absolute atomic E-state index is 12.2. The predicted molar refractivity (Wildman–Crippen MR) is 76.5 cm³/mol. The van der Waals surface area contributed by atoms with Gasteiger partial charge in [0.05, 0.1) is 5.69 Å². The minimum atomic E-state index is -0.111. The first-order valence-electron chi connectivity index (χ1n) is 6.16. The lowest BCUT2D eigenvalue weighted by Gasteiger charge is -2.11. The molecule has 4 nitrogen and oxygen atoms in total. The van der Waals surface area contributed by atoms with E-state index in [1.165, 1.54) is 0 Å². The van der Waals surface area contributed by atoms with Gasteiger partial charge in [-0.2, -0.15) is 5.11 Å². The molecule has 0 saturated carbocycles. The highest BCUT2D eigenvalue weighted by Gasteiger charge is 2.11. The van der Waals surface area contributed by atoms with Crippen LogP contribution in [0.4, 0.5) is 11.4 Å². The number of pyridine rings is 1. The summed E-state index contributed by atoms with van der Waals surface area (Å²) in [7, 11) is 1.76. The Morgan fingerprint density at radius 1 is 0.947 bits per heavy atom. The molecule has 1 aromatic heterocycles. The molecule has 0 bridgehead atoms. The lowest BCUT2D eigenvalue weighted by molar-refractivity contribution is 0.801. The van der Waals surface area contributed by atoms with Gasteiger partial charge in [0.15, 0.2) is 5.69 Å². The third-order valence-corrected chi connectivity index (χ3v) is 3.49. The summed E-state index contributed by atoms with van der Waals surface area (Å²) in [6.45, 7) is 5.83. The molecule has 1 aromatic carbocycles. The van der Waals surface area contributed by atoms with E-state index < -0.39 is 0 Å². The molecule has 19 heavy (non-hydrogen) atoms. The van der Waals surface area contributed by atoms with Crippen LogP contribution in [0.15, 0.2) is 45.4 Å². The lowest BCUT2D eigenvalue weighted by Crippen LogP contribution is -2.20. The topological polar surface area (TPSA) is 46.7 Å². The molecule has 4 heteroatoms. The Kier molecular flexibility index (Phi) is 3.60. The van der Waals surface area contributed by atoms with Crippen LogP contribution in [-0.4, -0.2) is 4.57 Å². The molecular weight excluding hydrogens is 238 g/mol. The number of nitrogens with zero attached hydrogens (tertiary/aromatic N) is 3. The Morgan fingerprint density at radius 3 is 2.21 bits per heavy atom. The van der Waals surface area contributed by atoms with Gasteiger partial charge in [0.2, 0.25) is 0 Å². The van der Waals surface area contributed by atoms with Crippen molar-refractivity contribution in [2.75, 3.05) is 0 Å². The fourth-order valence-electron chi connectivity index (χ4n) is 1.89. The molecule has 2 aromatic rings. The smallest absolute Gasteiger partial charge is 0.278 e. The molecule has 0 radical (unpaired) electrons. The summed E-state index contributed by atoms with van der Waals surface area (Å²) < 4.78 is 1.61. The third kappa shape index (κ3) is 2.47. The van der Waals surface area contributed by atoms with Crippen molar-refractivity contribution in [3.63, 3.8) is 0 Å². The normalized spacial score (nSPS) is 11.2. The Morgan fingerprint density at radius 2 is 1.58 bits per heavy atom. The average Bonchev–Trinajstić information content (AvgIpc) is 2.44. The highest BCUT2D eigenvalue weighted by Crippen LogP contribution is 2.22. The second-order valence-corrected chi connectivity index (χ2v) is 4.58. The second kappa shape index (κ2) is 5.18. The first kappa shape index (κ1) is 13.2. The van der Waals surface area contributed by atoms with E-state index >= 15 is 0 Å². The molecule has 0 aliphatic heterocycles. The standard InChI is InChI=1S/C15H17N3O/c1-10-11(2)14(15(19)18(4)12(10)3)17-16-13-8-6-5-7-9-13/h5-9H,1-4H3. The SMILES string of the molecule is Cc1c(C)c(C)n(C)c(=O)c1N=Nc1ccccc1. The van der Waals surface area contributed by atoms with Gasteiger partial charge in [0.25, 0.3) is 5.56 Å². The molecule has 0 saturated heterocycles. The maximum Gasteiger partial charge on any atom is 0.278 e. The van der Waals surface area contributed by atoms with Crippen molar-refractivity contribution in [1.29, 1.82) is 0 Å². The van der Waals surface area contributed by atoms with Gasteiger partial charge >= 0.3 is 0 Å². The molecule has 0 aliphatic carbocycles. The molecule has 0 spiro atoms. The zero-order valence-electron chi connectivity index (χ0n) is 11.6. The second-order valence-electron chi connectivity index (χ2n) is 4.58. The lowest BCUT2D eigenvalue weighted by atomic mass is 10.1. The van der Waals surface area contributed by atoms with Crippen LogP contribution in [0.5, 0.6) is 0 Å². The highest BCUT2D eigenvalue weighted by atomic mass is 16.1. The number of benzene rings is 1. The van der Waals surface area contributed by atoms with Gasteiger partial charge in [-0.3, -0.25) is 4.79 Å². The number of azo groups is 1. The minimum absolute atomic E-state index is 0.111. The van der Waals surface area contributed by atoms with Crippen molar-refractivity contribution in [1.82, 2.24) is 4.57 Å². The first-order chi connectivity index (χ1) is 9.02. The van der Waals surface area contributed by atoms with Gasteiger partial charge in [0.1, 0.15) is 0 Å². The summed E-state index contributed by atoms with van der Waals surface area (Å²) in [4.78, 5) is 12.2. The number of hydrogen-bond donors (Lipinski definition) is 0. The molecule has 0 aliphatic rings. The Labute approximate surface area is 112 Å². The summed E-state index contributed by atoms with van der Waals surface area (Å²) in [5, 5.41) is 8.25. The van der Waals surface area contributed by atoms with E-state index in [4.69, 9.17) is 0 Å². The van der Waals surface area contributed by atoms with Crippen LogP contribution in [0.25, 0.3) is 0 Å². The molecule has 0 unspecified atom stereocenters. The Balaban J connectivity index is 2.53. The summed E-state index contributed by atoms with van der Waals surface area (Å²) in [6, 6.07) is 9.40. The predicted octanol–water partition coefficient (Wildman–Crippen LogP) is 3.73. The van der Waals surface area contributed by atoms with Gasteiger partial charge in [-0.05, 0) is 44.0 Å². The van der Waals surface area contributed by atoms with Gasteiger partial charge in [-0.1, -0.05) is 18.2 Å². The summed E-state index contributed by atoms with van der Waals surface area (Å²) >= 11 is 0. The highest BCUT2D eigenvalue weighted by molar-refractivity contribution is 5.49. The van der Waals surface area contributed by atoms with E-state index in [1.54, 1.807) is 11.6 Å². The fourth-order valence-corrected chi connectivity index (χ4v) is 1.89. The van der Waals surface area contributed by atoms with Crippen LogP contribution in [0.3, 0.4) is 0 Å². The van der Waals surface area contributed by atoms with E-state index in [0.29, 0.717) is 5.69 Å². The Hall–Kier alpha value is -2.23.